The molecule has 1 atom stereocenters. The Balaban J connectivity index is 2.02. The van der Waals surface area contributed by atoms with Gasteiger partial charge in [0.25, 0.3) is 0 Å². The van der Waals surface area contributed by atoms with Gasteiger partial charge in [-0.3, -0.25) is 0 Å². The lowest BCUT2D eigenvalue weighted by molar-refractivity contribution is -0.153. The predicted molar refractivity (Wildman–Crippen MR) is 77.7 cm³/mol. The number of benzene rings is 1. The number of alkyl halides is 3. The second kappa shape index (κ2) is 6.16. The Morgan fingerprint density at radius 1 is 1.29 bits per heavy atom. The molecule has 1 saturated carbocycles. The molecule has 118 valence electrons. The van der Waals surface area contributed by atoms with Crippen LogP contribution in [0.5, 0.6) is 5.75 Å². The number of nitrogens with one attached hydrogen (secondary N) is 1. The average molecular weight is 301 g/mol. The van der Waals surface area contributed by atoms with E-state index >= 15 is 0 Å². The van der Waals surface area contributed by atoms with Crippen molar-refractivity contribution in [1.82, 2.24) is 0 Å². The van der Waals surface area contributed by atoms with E-state index in [4.69, 9.17) is 4.74 Å². The van der Waals surface area contributed by atoms with Crippen molar-refractivity contribution >= 4 is 5.69 Å². The second-order valence-corrected chi connectivity index (χ2v) is 6.50. The molecule has 1 fully saturated rings. The number of ether oxygens (including phenoxy) is 1. The number of rotatable bonds is 4. The summed E-state index contributed by atoms with van der Waals surface area (Å²) in [5.74, 6) is 0.262. The lowest BCUT2D eigenvalue weighted by atomic mass is 9.75. The first-order valence-corrected chi connectivity index (χ1v) is 7.30. The molecular weight excluding hydrogens is 279 g/mol. The number of para-hydroxylation sites is 2. The van der Waals surface area contributed by atoms with Gasteiger partial charge >= 0.3 is 6.18 Å². The third-order valence-electron chi connectivity index (χ3n) is 3.84. The lowest BCUT2D eigenvalue weighted by Crippen LogP contribution is -2.32. The van der Waals surface area contributed by atoms with Crippen LogP contribution in [0, 0.1) is 5.41 Å². The fraction of sp³-hybridized carbons (Fsp3) is 0.625. The van der Waals surface area contributed by atoms with Gasteiger partial charge in [0.05, 0.1) is 5.69 Å². The van der Waals surface area contributed by atoms with Gasteiger partial charge in [0.1, 0.15) is 5.75 Å². The Labute approximate surface area is 123 Å². The molecule has 1 unspecified atom stereocenters. The van der Waals surface area contributed by atoms with E-state index in [0.29, 0.717) is 5.69 Å². The first kappa shape index (κ1) is 16.0. The molecule has 2 rings (SSSR count). The van der Waals surface area contributed by atoms with Crippen LogP contribution in [0.1, 0.15) is 39.5 Å². The lowest BCUT2D eigenvalue weighted by Gasteiger charge is -2.36. The average Bonchev–Trinajstić information content (AvgIpc) is 2.35. The van der Waals surface area contributed by atoms with Crippen LogP contribution >= 0.6 is 0 Å². The molecule has 0 spiro atoms. The van der Waals surface area contributed by atoms with Crippen LogP contribution in [0.3, 0.4) is 0 Å². The highest BCUT2D eigenvalue weighted by Crippen LogP contribution is 2.37. The van der Waals surface area contributed by atoms with Crippen molar-refractivity contribution in [2.45, 2.75) is 51.7 Å². The summed E-state index contributed by atoms with van der Waals surface area (Å²) in [5.41, 5.74) is 0.918. The third kappa shape index (κ3) is 5.14. The van der Waals surface area contributed by atoms with Crippen LogP contribution in [0.15, 0.2) is 24.3 Å². The molecule has 1 aromatic rings. The Morgan fingerprint density at radius 3 is 2.67 bits per heavy atom. The van der Waals surface area contributed by atoms with Crippen molar-refractivity contribution in [2.75, 3.05) is 11.9 Å². The highest BCUT2D eigenvalue weighted by Gasteiger charge is 2.30. The zero-order valence-electron chi connectivity index (χ0n) is 12.5. The van der Waals surface area contributed by atoms with Crippen LogP contribution in [0.2, 0.25) is 0 Å². The summed E-state index contributed by atoms with van der Waals surface area (Å²) in [6.45, 7) is 3.20. The van der Waals surface area contributed by atoms with Gasteiger partial charge in [-0.2, -0.15) is 13.2 Å². The van der Waals surface area contributed by atoms with E-state index in [0.717, 1.165) is 19.3 Å². The molecule has 0 bridgehead atoms. The van der Waals surface area contributed by atoms with Gasteiger partial charge < -0.3 is 10.1 Å². The van der Waals surface area contributed by atoms with Crippen LogP contribution < -0.4 is 10.1 Å². The molecule has 0 aromatic heterocycles. The maximum Gasteiger partial charge on any atom is 0.422 e. The van der Waals surface area contributed by atoms with Crippen LogP contribution in [-0.2, 0) is 0 Å². The Bertz CT molecular complexity index is 471. The summed E-state index contributed by atoms with van der Waals surface area (Å²) < 4.78 is 41.8. The molecule has 5 heteroatoms. The molecule has 0 aliphatic heterocycles. The summed E-state index contributed by atoms with van der Waals surface area (Å²) in [4.78, 5) is 0. The molecule has 1 aliphatic rings. The Kier molecular flexibility index (Phi) is 4.69. The number of anilines is 1. The van der Waals surface area contributed by atoms with Gasteiger partial charge in [0.15, 0.2) is 6.61 Å². The molecule has 1 aromatic carbocycles. The highest BCUT2D eigenvalue weighted by molar-refractivity contribution is 5.56. The quantitative estimate of drug-likeness (QED) is 0.844. The van der Waals surface area contributed by atoms with E-state index in [1.54, 1.807) is 24.3 Å². The normalized spacial score (nSPS) is 21.9. The zero-order chi connectivity index (χ0) is 15.5. The number of hydrogen-bond acceptors (Lipinski definition) is 2. The standard InChI is InChI=1S/C16H22F3NO/c1-15(2)9-5-6-12(10-15)20-13-7-3-4-8-14(13)21-11-16(17,18)19/h3-4,7-8,12,20H,5-6,9-11H2,1-2H3. The summed E-state index contributed by atoms with van der Waals surface area (Å²) in [5, 5.41) is 3.35. The van der Waals surface area contributed by atoms with Crippen LogP contribution in [0.25, 0.3) is 0 Å². The first-order chi connectivity index (χ1) is 9.75. The first-order valence-electron chi connectivity index (χ1n) is 7.30. The molecular formula is C16H22F3NO. The van der Waals surface area contributed by atoms with Crippen molar-refractivity contribution in [3.05, 3.63) is 24.3 Å². The minimum absolute atomic E-state index is 0.262. The van der Waals surface area contributed by atoms with Gasteiger partial charge in [0, 0.05) is 6.04 Å². The van der Waals surface area contributed by atoms with E-state index in [1.807, 2.05) is 0 Å². The van der Waals surface area contributed by atoms with Crippen molar-refractivity contribution in [1.29, 1.82) is 0 Å². The predicted octanol–water partition coefficient (Wildman–Crippen LogP) is 5.01. The second-order valence-electron chi connectivity index (χ2n) is 6.50. The van der Waals surface area contributed by atoms with Crippen LogP contribution in [0.4, 0.5) is 18.9 Å². The number of halogens is 3. The summed E-state index contributed by atoms with van der Waals surface area (Å²) in [6, 6.07) is 7.11. The zero-order valence-corrected chi connectivity index (χ0v) is 12.5. The minimum Gasteiger partial charge on any atom is -0.482 e. The van der Waals surface area contributed by atoms with Crippen molar-refractivity contribution in [3.63, 3.8) is 0 Å². The van der Waals surface area contributed by atoms with Gasteiger partial charge in [-0.1, -0.05) is 32.4 Å². The summed E-state index contributed by atoms with van der Waals surface area (Å²) in [6.07, 6.45) is 0.0607. The van der Waals surface area contributed by atoms with Crippen molar-refractivity contribution < 1.29 is 17.9 Å². The fourth-order valence-corrected chi connectivity index (χ4v) is 2.91. The molecule has 1 N–H and O–H groups in total. The van der Waals surface area contributed by atoms with E-state index < -0.39 is 12.8 Å². The topological polar surface area (TPSA) is 21.3 Å². The largest absolute Gasteiger partial charge is 0.482 e. The molecule has 0 heterocycles. The van der Waals surface area contributed by atoms with Crippen molar-refractivity contribution in [3.8, 4) is 5.75 Å². The highest BCUT2D eigenvalue weighted by atomic mass is 19.4. The molecule has 1 aliphatic carbocycles. The molecule has 0 saturated heterocycles. The summed E-state index contributed by atoms with van der Waals surface area (Å²) >= 11 is 0. The van der Waals surface area contributed by atoms with E-state index in [2.05, 4.69) is 19.2 Å². The monoisotopic (exact) mass is 301 g/mol. The molecule has 2 nitrogen and oxygen atoms in total. The molecule has 0 amide bonds. The number of hydrogen-bond donors (Lipinski definition) is 1. The summed E-state index contributed by atoms with van der Waals surface area (Å²) in [7, 11) is 0. The van der Waals surface area contributed by atoms with Crippen LogP contribution in [-0.4, -0.2) is 18.8 Å². The molecule has 0 radical (unpaired) electrons. The van der Waals surface area contributed by atoms with Gasteiger partial charge in [-0.05, 0) is 36.8 Å². The van der Waals surface area contributed by atoms with E-state index in [9.17, 15) is 13.2 Å². The van der Waals surface area contributed by atoms with Gasteiger partial charge in [-0.25, -0.2) is 0 Å². The third-order valence-corrected chi connectivity index (χ3v) is 3.84. The fourth-order valence-electron chi connectivity index (χ4n) is 2.91. The Hall–Kier alpha value is -1.39. The smallest absolute Gasteiger partial charge is 0.422 e. The minimum atomic E-state index is -4.32. The van der Waals surface area contributed by atoms with E-state index in [1.165, 1.54) is 6.42 Å². The maximum absolute atomic E-state index is 12.3. The maximum atomic E-state index is 12.3. The van der Waals surface area contributed by atoms with Gasteiger partial charge in [0.2, 0.25) is 0 Å². The van der Waals surface area contributed by atoms with E-state index in [-0.39, 0.29) is 17.2 Å². The van der Waals surface area contributed by atoms with Gasteiger partial charge in [-0.15, -0.1) is 0 Å². The van der Waals surface area contributed by atoms with Crippen molar-refractivity contribution in [2.24, 2.45) is 5.41 Å². The Morgan fingerprint density at radius 2 is 2.00 bits per heavy atom. The SMILES string of the molecule is CC1(C)CCCC(Nc2ccccc2OCC(F)(F)F)C1. The molecule has 21 heavy (non-hydrogen) atoms.